The average Bonchev–Trinajstić information content (AvgIpc) is 2.94. The molecule has 10 nitrogen and oxygen atoms in total. The van der Waals surface area contributed by atoms with Gasteiger partial charge in [-0.25, -0.2) is 5.43 Å². The molecular formula is C31H40N4O6. The van der Waals surface area contributed by atoms with Gasteiger partial charge in [0.15, 0.2) is 0 Å². The predicted molar refractivity (Wildman–Crippen MR) is 155 cm³/mol. The summed E-state index contributed by atoms with van der Waals surface area (Å²) in [5, 5.41) is 19.2. The summed E-state index contributed by atoms with van der Waals surface area (Å²) in [5.41, 5.74) is 4.61. The van der Waals surface area contributed by atoms with Gasteiger partial charge in [0, 0.05) is 6.54 Å². The molecule has 2 aromatic carbocycles. The van der Waals surface area contributed by atoms with Crippen molar-refractivity contribution in [3.05, 3.63) is 53.6 Å². The molecule has 4 rings (SSSR count). The summed E-state index contributed by atoms with van der Waals surface area (Å²) < 4.78 is 5.79. The van der Waals surface area contributed by atoms with Crippen LogP contribution in [0.4, 0.5) is 0 Å². The molecule has 0 spiro atoms. The molecular weight excluding hydrogens is 524 g/mol. The number of hydrogen-bond donors (Lipinski definition) is 4. The summed E-state index contributed by atoms with van der Waals surface area (Å²) in [7, 11) is 0. The van der Waals surface area contributed by atoms with Crippen molar-refractivity contribution in [2.75, 3.05) is 6.54 Å². The Morgan fingerprint density at radius 2 is 1.68 bits per heavy atom. The summed E-state index contributed by atoms with van der Waals surface area (Å²) in [6.07, 6.45) is 2.95. The van der Waals surface area contributed by atoms with Crippen molar-refractivity contribution in [3.63, 3.8) is 0 Å². The number of ether oxygens (including phenoxy) is 1. The van der Waals surface area contributed by atoms with Crippen molar-refractivity contribution in [2.24, 2.45) is 11.8 Å². The molecule has 1 saturated heterocycles. The van der Waals surface area contributed by atoms with Crippen LogP contribution < -0.4 is 16.1 Å². The molecule has 2 aliphatic heterocycles. The lowest BCUT2D eigenvalue weighted by Crippen LogP contribution is -2.61. The number of benzene rings is 2. The molecule has 4 N–H and O–H groups in total. The van der Waals surface area contributed by atoms with Crippen LogP contribution in [0.15, 0.2) is 42.5 Å². The zero-order valence-corrected chi connectivity index (χ0v) is 24.2. The molecule has 0 aromatic heterocycles. The van der Waals surface area contributed by atoms with E-state index in [0.717, 1.165) is 21.9 Å². The maximum absolute atomic E-state index is 13.3. The van der Waals surface area contributed by atoms with Gasteiger partial charge >= 0.3 is 5.97 Å². The molecule has 220 valence electrons. The van der Waals surface area contributed by atoms with Crippen LogP contribution in [0.3, 0.4) is 0 Å². The van der Waals surface area contributed by atoms with Crippen molar-refractivity contribution in [1.82, 2.24) is 21.1 Å². The molecule has 0 radical (unpaired) electrons. The van der Waals surface area contributed by atoms with E-state index in [1.54, 1.807) is 39.8 Å². The third-order valence-corrected chi connectivity index (χ3v) is 7.68. The first-order valence-electron chi connectivity index (χ1n) is 14.2. The number of aliphatic hydroxyl groups excluding tert-OH is 1. The van der Waals surface area contributed by atoms with Gasteiger partial charge in [-0.2, -0.15) is 0 Å². The van der Waals surface area contributed by atoms with Crippen molar-refractivity contribution in [1.29, 1.82) is 0 Å². The third-order valence-electron chi connectivity index (χ3n) is 7.68. The molecule has 1 unspecified atom stereocenters. The topological polar surface area (TPSA) is 137 Å². The molecule has 0 saturated carbocycles. The fraction of sp³-hybridized carbons (Fsp3) is 0.484. The van der Waals surface area contributed by atoms with Gasteiger partial charge in [0.05, 0.1) is 12.0 Å². The van der Waals surface area contributed by atoms with E-state index in [0.29, 0.717) is 19.4 Å². The number of hydrogen-bond acceptors (Lipinski definition) is 7. The number of nitrogens with one attached hydrogen (secondary N) is 3. The largest absolute Gasteiger partial charge is 0.457 e. The van der Waals surface area contributed by atoms with Crippen LogP contribution in [0.1, 0.15) is 64.7 Å². The number of fused-ring (bicyclic) bond motifs is 4. The number of esters is 1. The number of rotatable bonds is 2. The standard InChI is InChI=1S/C31H40N4O6/c1-17(2)27-29(38)32-18(3)30(39)35-14-6-7-26(34-35)31(40)41-20(5)23-12-11-22-10-8-21(15-24(22)16-23)9-13-25(19(4)36)28(37)33-27/h8-13,15-20,25-27,34,36H,6-7,14H2,1-5H3,(H,32,38)(H,33,37)/b13-9+/t18-,19+,20-,25?,26+,27+/m1/s1. The first kappa shape index (κ1) is 30.2. The summed E-state index contributed by atoms with van der Waals surface area (Å²) >= 11 is 0. The van der Waals surface area contributed by atoms with Crippen molar-refractivity contribution >= 4 is 40.5 Å². The van der Waals surface area contributed by atoms with Crippen LogP contribution in [-0.2, 0) is 23.9 Å². The monoisotopic (exact) mass is 564 g/mol. The highest BCUT2D eigenvalue weighted by Gasteiger charge is 2.34. The Balaban J connectivity index is 1.71. The fourth-order valence-corrected chi connectivity index (χ4v) is 5.14. The number of carbonyl (C=O) groups is 4. The molecule has 6 atom stereocenters. The lowest BCUT2D eigenvalue weighted by molar-refractivity contribution is -0.157. The third kappa shape index (κ3) is 7.12. The van der Waals surface area contributed by atoms with Gasteiger partial charge in [0.25, 0.3) is 5.91 Å². The van der Waals surface area contributed by atoms with Crippen LogP contribution in [0, 0.1) is 11.8 Å². The zero-order chi connectivity index (χ0) is 29.8. The van der Waals surface area contributed by atoms with Gasteiger partial charge in [-0.05, 0) is 73.6 Å². The Morgan fingerprint density at radius 1 is 0.951 bits per heavy atom. The summed E-state index contributed by atoms with van der Waals surface area (Å²) in [4.78, 5) is 52.8. The second-order valence-corrected chi connectivity index (χ2v) is 11.3. The predicted octanol–water partition coefficient (Wildman–Crippen LogP) is 2.61. The Bertz CT molecular complexity index is 1340. The fourth-order valence-electron chi connectivity index (χ4n) is 5.14. The number of aliphatic hydroxyl groups is 1. The van der Waals surface area contributed by atoms with Gasteiger partial charge < -0.3 is 20.5 Å². The Labute approximate surface area is 240 Å². The minimum Gasteiger partial charge on any atom is -0.457 e. The highest BCUT2D eigenvalue weighted by molar-refractivity contribution is 5.93. The van der Waals surface area contributed by atoms with E-state index in [4.69, 9.17) is 4.74 Å². The normalized spacial score (nSPS) is 28.2. The summed E-state index contributed by atoms with van der Waals surface area (Å²) in [5.74, 6) is -3.07. The maximum Gasteiger partial charge on any atom is 0.325 e. The molecule has 41 heavy (non-hydrogen) atoms. The van der Waals surface area contributed by atoms with Crippen LogP contribution >= 0.6 is 0 Å². The number of cyclic esters (lactones) is 1. The van der Waals surface area contributed by atoms with E-state index in [1.165, 1.54) is 11.9 Å². The van der Waals surface area contributed by atoms with Crippen LogP contribution in [0.2, 0.25) is 0 Å². The minimum atomic E-state index is -1.01. The number of hydrazine groups is 1. The van der Waals surface area contributed by atoms with E-state index >= 15 is 0 Å². The average molecular weight is 565 g/mol. The van der Waals surface area contributed by atoms with E-state index in [1.807, 2.05) is 36.4 Å². The Hall–Kier alpha value is -3.76. The second-order valence-electron chi connectivity index (χ2n) is 11.3. The highest BCUT2D eigenvalue weighted by Crippen LogP contribution is 2.25. The van der Waals surface area contributed by atoms with Crippen LogP contribution in [-0.4, -0.2) is 64.6 Å². The first-order valence-corrected chi connectivity index (χ1v) is 14.2. The van der Waals surface area contributed by atoms with Crippen molar-refractivity contribution in [2.45, 2.75) is 77.8 Å². The van der Waals surface area contributed by atoms with Gasteiger partial charge in [0.1, 0.15) is 24.2 Å². The van der Waals surface area contributed by atoms with E-state index in [9.17, 15) is 24.3 Å². The van der Waals surface area contributed by atoms with Crippen LogP contribution in [0.5, 0.6) is 0 Å². The number of carbonyl (C=O) groups excluding carboxylic acids is 4. The van der Waals surface area contributed by atoms with E-state index in [-0.39, 0.29) is 5.92 Å². The molecule has 2 aliphatic rings. The highest BCUT2D eigenvalue weighted by atomic mass is 16.5. The van der Waals surface area contributed by atoms with E-state index in [2.05, 4.69) is 16.1 Å². The van der Waals surface area contributed by atoms with Crippen molar-refractivity contribution < 1.29 is 29.0 Å². The molecule has 0 aliphatic carbocycles. The van der Waals surface area contributed by atoms with Crippen molar-refractivity contribution in [3.8, 4) is 0 Å². The maximum atomic E-state index is 13.3. The lowest BCUT2D eigenvalue weighted by Gasteiger charge is -2.35. The summed E-state index contributed by atoms with van der Waals surface area (Å²) in [6, 6.07) is 9.12. The molecule has 3 amide bonds. The Kier molecular flexibility index (Phi) is 9.45. The smallest absolute Gasteiger partial charge is 0.325 e. The molecule has 1 fully saturated rings. The molecule has 5 bridgehead atoms. The molecule has 2 heterocycles. The molecule has 2 aromatic rings. The molecule has 10 heteroatoms. The number of nitrogens with zero attached hydrogens (tertiary/aromatic N) is 1. The van der Waals surface area contributed by atoms with Gasteiger partial charge in [-0.1, -0.05) is 50.3 Å². The second kappa shape index (κ2) is 12.8. The lowest BCUT2D eigenvalue weighted by atomic mass is 9.97. The van der Waals surface area contributed by atoms with Gasteiger partial charge in [-0.15, -0.1) is 0 Å². The quantitative estimate of drug-likeness (QED) is 0.412. The number of amides is 3. The van der Waals surface area contributed by atoms with Crippen LogP contribution in [0.25, 0.3) is 16.8 Å². The summed E-state index contributed by atoms with van der Waals surface area (Å²) in [6.45, 7) is 8.84. The SMILES string of the molecule is CC(C)[C@@H]1NC(=O)C([C@H](C)O)/C=C/c2ccc3ccc(cc3c2)[C@@H](C)OC(=O)[C@@H]2CCCN(N2)C(=O)[C@@H](C)NC1=O. The zero-order valence-electron chi connectivity index (χ0n) is 24.2. The van der Waals surface area contributed by atoms with E-state index < -0.39 is 59.9 Å². The minimum absolute atomic E-state index is 0.287. The van der Waals surface area contributed by atoms with Gasteiger partial charge in [0.2, 0.25) is 11.8 Å². The first-order chi connectivity index (χ1) is 19.4. The van der Waals surface area contributed by atoms with Gasteiger partial charge in [-0.3, -0.25) is 24.2 Å². The Morgan fingerprint density at radius 3 is 2.39 bits per heavy atom.